The number of anilines is 4. The number of morpholine rings is 1. The molecule has 174 valence electrons. The summed E-state index contributed by atoms with van der Waals surface area (Å²) in [5.74, 6) is 8.27. The molecule has 1 saturated heterocycles. The van der Waals surface area contributed by atoms with Crippen LogP contribution in [0.3, 0.4) is 0 Å². The average molecular weight is 451 g/mol. The second kappa shape index (κ2) is 10.9. The van der Waals surface area contributed by atoms with Crippen LogP contribution < -0.4 is 21.4 Å². The normalized spacial score (nSPS) is 14.7. The Labute approximate surface area is 193 Å². The molecule has 1 unspecified atom stereocenters. The van der Waals surface area contributed by atoms with E-state index in [1.165, 1.54) is 0 Å². The lowest BCUT2D eigenvalue weighted by molar-refractivity contribution is 0.0661. The van der Waals surface area contributed by atoms with Crippen LogP contribution in [-0.2, 0) is 9.57 Å². The molecule has 3 heterocycles. The molecular weight excluding hydrogens is 420 g/mol. The third-order valence-electron chi connectivity index (χ3n) is 5.35. The van der Waals surface area contributed by atoms with Gasteiger partial charge in [-0.15, -0.1) is 0 Å². The van der Waals surface area contributed by atoms with Crippen LogP contribution in [0, 0.1) is 6.92 Å². The van der Waals surface area contributed by atoms with Crippen LogP contribution in [0.2, 0.25) is 0 Å². The molecule has 3 aromatic rings. The van der Waals surface area contributed by atoms with Gasteiger partial charge in [0, 0.05) is 38.2 Å². The highest BCUT2D eigenvalue weighted by atomic mass is 16.6. The van der Waals surface area contributed by atoms with E-state index in [1.807, 2.05) is 49.4 Å². The number of nitrogens with zero attached hydrogens (tertiary/aromatic N) is 4. The Kier molecular flexibility index (Phi) is 7.51. The molecule has 0 spiro atoms. The largest absolute Gasteiger partial charge is 0.378 e. The first-order valence-corrected chi connectivity index (χ1v) is 10.9. The van der Waals surface area contributed by atoms with Crippen LogP contribution in [0.4, 0.5) is 23.4 Å². The molecule has 4 rings (SSSR count). The van der Waals surface area contributed by atoms with E-state index in [0.29, 0.717) is 37.9 Å². The van der Waals surface area contributed by atoms with Crippen molar-refractivity contribution in [2.45, 2.75) is 19.4 Å². The van der Waals surface area contributed by atoms with Gasteiger partial charge >= 0.3 is 0 Å². The van der Waals surface area contributed by atoms with Crippen molar-refractivity contribution in [1.82, 2.24) is 20.2 Å². The molecule has 10 nitrogen and oxygen atoms in total. The molecule has 1 atom stereocenters. The van der Waals surface area contributed by atoms with E-state index in [4.69, 9.17) is 20.5 Å². The molecule has 1 aromatic carbocycles. The molecule has 33 heavy (non-hydrogen) atoms. The molecule has 1 fully saturated rings. The van der Waals surface area contributed by atoms with Crippen molar-refractivity contribution in [2.24, 2.45) is 5.90 Å². The highest BCUT2D eigenvalue weighted by Gasteiger charge is 2.17. The number of aromatic nitrogens is 4. The monoisotopic (exact) mass is 450 g/mol. The van der Waals surface area contributed by atoms with Gasteiger partial charge in [0.25, 0.3) is 0 Å². The van der Waals surface area contributed by atoms with Crippen LogP contribution in [0.5, 0.6) is 0 Å². The van der Waals surface area contributed by atoms with Gasteiger partial charge in [-0.3, -0.25) is 9.94 Å². The van der Waals surface area contributed by atoms with Gasteiger partial charge < -0.3 is 20.3 Å². The maximum Gasteiger partial charge on any atom is 0.226 e. The number of benzene rings is 1. The lowest BCUT2D eigenvalue weighted by Crippen LogP contribution is -2.37. The summed E-state index contributed by atoms with van der Waals surface area (Å²) in [4.78, 5) is 16.7. The second-order valence-electron chi connectivity index (χ2n) is 7.90. The third-order valence-corrected chi connectivity index (χ3v) is 5.35. The highest BCUT2D eigenvalue weighted by Crippen LogP contribution is 2.23. The van der Waals surface area contributed by atoms with E-state index in [0.717, 1.165) is 41.6 Å². The van der Waals surface area contributed by atoms with Crippen molar-refractivity contribution in [3.05, 3.63) is 60.3 Å². The molecule has 0 radical (unpaired) electrons. The van der Waals surface area contributed by atoms with Crippen molar-refractivity contribution in [1.29, 1.82) is 0 Å². The molecule has 2 aromatic heterocycles. The SMILES string of the molecule is C=C(CC(CNc1nc(Nc2cc(C)n[nH]2)cc(N2CCOCC2)n1)ON)c1ccccc1. The molecule has 0 bridgehead atoms. The lowest BCUT2D eigenvalue weighted by atomic mass is 10.0. The standard InChI is InChI=1S/C23H30N8O2/c1-16(18-6-4-3-5-7-18)12-19(33-24)15-25-23-27-20(26-21-13-17(2)29-30-21)14-22(28-23)31-8-10-32-11-9-31/h3-7,13-14,19H,1,8-12,15,24H2,2H3,(H3,25,26,27,28,29,30). The Morgan fingerprint density at radius 1 is 1.24 bits per heavy atom. The molecular formula is C23H30N8O2. The summed E-state index contributed by atoms with van der Waals surface area (Å²) >= 11 is 0. The van der Waals surface area contributed by atoms with Gasteiger partial charge in [-0.2, -0.15) is 15.1 Å². The quantitative estimate of drug-likeness (QED) is 0.345. The average Bonchev–Trinajstić information content (AvgIpc) is 3.26. The van der Waals surface area contributed by atoms with Crippen LogP contribution in [-0.4, -0.2) is 59.1 Å². The summed E-state index contributed by atoms with van der Waals surface area (Å²) < 4.78 is 5.48. The van der Waals surface area contributed by atoms with Crippen LogP contribution in [0.1, 0.15) is 17.7 Å². The molecule has 1 aliphatic heterocycles. The van der Waals surface area contributed by atoms with Crippen LogP contribution >= 0.6 is 0 Å². The number of aryl methyl sites for hydroxylation is 1. The molecule has 1 aliphatic rings. The number of ether oxygens (including phenoxy) is 1. The Hall–Kier alpha value is -3.47. The molecule has 5 N–H and O–H groups in total. The predicted molar refractivity (Wildman–Crippen MR) is 129 cm³/mol. The summed E-state index contributed by atoms with van der Waals surface area (Å²) in [7, 11) is 0. The van der Waals surface area contributed by atoms with Crippen molar-refractivity contribution in [3.8, 4) is 0 Å². The van der Waals surface area contributed by atoms with Gasteiger partial charge in [0.05, 0.1) is 25.0 Å². The fourth-order valence-electron chi connectivity index (χ4n) is 3.60. The van der Waals surface area contributed by atoms with Gasteiger partial charge in [0.1, 0.15) is 17.5 Å². The fraction of sp³-hybridized carbons (Fsp3) is 0.348. The van der Waals surface area contributed by atoms with E-state index in [-0.39, 0.29) is 6.10 Å². The van der Waals surface area contributed by atoms with E-state index in [2.05, 4.69) is 37.3 Å². The Morgan fingerprint density at radius 2 is 2.03 bits per heavy atom. The number of nitrogens with two attached hydrogens (primary N) is 1. The Morgan fingerprint density at radius 3 is 2.73 bits per heavy atom. The number of H-pyrrole nitrogens is 1. The van der Waals surface area contributed by atoms with Gasteiger partial charge in [-0.25, -0.2) is 5.90 Å². The Bertz CT molecular complexity index is 1050. The second-order valence-corrected chi connectivity index (χ2v) is 7.90. The molecule has 10 heteroatoms. The fourth-order valence-corrected chi connectivity index (χ4v) is 3.60. The minimum atomic E-state index is -0.292. The zero-order chi connectivity index (χ0) is 23.0. The number of hydrogen-bond donors (Lipinski definition) is 4. The zero-order valence-corrected chi connectivity index (χ0v) is 18.8. The van der Waals surface area contributed by atoms with Crippen molar-refractivity contribution in [3.63, 3.8) is 0 Å². The molecule has 0 saturated carbocycles. The van der Waals surface area contributed by atoms with Crippen molar-refractivity contribution < 1.29 is 9.57 Å². The maximum atomic E-state index is 5.58. The van der Waals surface area contributed by atoms with E-state index in [1.54, 1.807) is 0 Å². The first-order valence-electron chi connectivity index (χ1n) is 10.9. The zero-order valence-electron chi connectivity index (χ0n) is 18.8. The maximum absolute atomic E-state index is 5.58. The van der Waals surface area contributed by atoms with Crippen molar-refractivity contribution in [2.75, 3.05) is 48.4 Å². The van der Waals surface area contributed by atoms with Gasteiger partial charge in [-0.1, -0.05) is 36.9 Å². The summed E-state index contributed by atoms with van der Waals surface area (Å²) in [6, 6.07) is 13.8. The number of rotatable bonds is 10. The summed E-state index contributed by atoms with van der Waals surface area (Å²) in [5, 5.41) is 13.6. The van der Waals surface area contributed by atoms with E-state index in [9.17, 15) is 0 Å². The van der Waals surface area contributed by atoms with Crippen LogP contribution in [0.25, 0.3) is 5.57 Å². The van der Waals surface area contributed by atoms with Crippen LogP contribution in [0.15, 0.2) is 49.0 Å². The van der Waals surface area contributed by atoms with Crippen molar-refractivity contribution >= 4 is 29.0 Å². The Balaban J connectivity index is 1.47. The minimum absolute atomic E-state index is 0.292. The highest BCUT2D eigenvalue weighted by molar-refractivity contribution is 5.63. The summed E-state index contributed by atoms with van der Waals surface area (Å²) in [5.41, 5.74) is 2.90. The third kappa shape index (κ3) is 6.28. The molecule has 0 amide bonds. The number of hydrogen-bond acceptors (Lipinski definition) is 9. The first-order chi connectivity index (χ1) is 16.1. The smallest absolute Gasteiger partial charge is 0.226 e. The topological polar surface area (TPSA) is 126 Å². The van der Waals surface area contributed by atoms with E-state index < -0.39 is 0 Å². The first kappa shape index (κ1) is 22.7. The van der Waals surface area contributed by atoms with Gasteiger partial charge in [0.2, 0.25) is 5.95 Å². The predicted octanol–water partition coefficient (Wildman–Crippen LogP) is 2.86. The summed E-state index contributed by atoms with van der Waals surface area (Å²) in [6.07, 6.45) is 0.287. The lowest BCUT2D eigenvalue weighted by Gasteiger charge is -2.28. The summed E-state index contributed by atoms with van der Waals surface area (Å²) in [6.45, 7) is 9.39. The minimum Gasteiger partial charge on any atom is -0.378 e. The van der Waals surface area contributed by atoms with E-state index >= 15 is 0 Å². The number of nitrogens with one attached hydrogen (secondary N) is 3. The van der Waals surface area contributed by atoms with Gasteiger partial charge in [-0.05, 0) is 18.1 Å². The van der Waals surface area contributed by atoms with Gasteiger partial charge in [0.15, 0.2) is 0 Å². The molecule has 0 aliphatic carbocycles. The number of aromatic amines is 1.